The Kier molecular flexibility index (Phi) is 8.76. The second-order valence-electron chi connectivity index (χ2n) is 3.16. The molecule has 0 saturated heterocycles. The van der Waals surface area contributed by atoms with Gasteiger partial charge in [0, 0.05) is 39.0 Å². The minimum atomic E-state index is 0.0445. The van der Waals surface area contributed by atoms with Crippen molar-refractivity contribution in [3.8, 4) is 0 Å². The molecule has 0 heterocycles. The van der Waals surface area contributed by atoms with Crippen molar-refractivity contribution >= 4 is 11.8 Å². The van der Waals surface area contributed by atoms with E-state index in [1.54, 1.807) is 0 Å². The van der Waals surface area contributed by atoms with Crippen LogP contribution in [0.5, 0.6) is 0 Å². The minimum Gasteiger partial charge on any atom is -0.356 e. The fraction of sp³-hybridized carbons (Fsp3) is 0.800. The van der Waals surface area contributed by atoms with Crippen LogP contribution < -0.4 is 16.0 Å². The Balaban J connectivity index is 3.24. The standard InChI is InChI=1S/C10H21N3O2/c1-3-12-9(14)5-7-11-8-6-10(15)13-4-2/h11H,3-8H2,1-2H3,(H,12,14)(H,13,15). The molecule has 0 aliphatic carbocycles. The summed E-state index contributed by atoms with van der Waals surface area (Å²) in [4.78, 5) is 22.0. The van der Waals surface area contributed by atoms with Crippen molar-refractivity contribution in [3.05, 3.63) is 0 Å². The monoisotopic (exact) mass is 215 g/mol. The third kappa shape index (κ3) is 9.21. The van der Waals surface area contributed by atoms with Crippen molar-refractivity contribution in [2.75, 3.05) is 26.2 Å². The third-order valence-electron chi connectivity index (χ3n) is 1.81. The number of amides is 2. The van der Waals surface area contributed by atoms with Crippen LogP contribution in [0.4, 0.5) is 0 Å². The van der Waals surface area contributed by atoms with Crippen LogP contribution in [0.3, 0.4) is 0 Å². The highest BCUT2D eigenvalue weighted by Gasteiger charge is 2.00. The van der Waals surface area contributed by atoms with Gasteiger partial charge in [-0.1, -0.05) is 0 Å². The Morgan fingerprint density at radius 2 is 1.27 bits per heavy atom. The summed E-state index contributed by atoms with van der Waals surface area (Å²) in [6, 6.07) is 0. The molecule has 0 aliphatic heterocycles. The number of nitrogens with one attached hydrogen (secondary N) is 3. The molecule has 0 aromatic carbocycles. The van der Waals surface area contributed by atoms with Crippen LogP contribution >= 0.6 is 0 Å². The second kappa shape index (κ2) is 9.45. The van der Waals surface area contributed by atoms with Crippen LogP contribution in [-0.2, 0) is 9.59 Å². The van der Waals surface area contributed by atoms with Gasteiger partial charge in [0.1, 0.15) is 0 Å². The Hall–Kier alpha value is -1.10. The second-order valence-corrected chi connectivity index (χ2v) is 3.16. The van der Waals surface area contributed by atoms with E-state index in [-0.39, 0.29) is 11.8 Å². The van der Waals surface area contributed by atoms with Crippen molar-refractivity contribution in [2.24, 2.45) is 0 Å². The van der Waals surface area contributed by atoms with Gasteiger partial charge in [0.2, 0.25) is 11.8 Å². The lowest BCUT2D eigenvalue weighted by atomic mass is 10.3. The number of carbonyl (C=O) groups is 2. The molecule has 0 rings (SSSR count). The molecule has 0 atom stereocenters. The van der Waals surface area contributed by atoms with Crippen LogP contribution in [-0.4, -0.2) is 38.0 Å². The van der Waals surface area contributed by atoms with Gasteiger partial charge < -0.3 is 16.0 Å². The van der Waals surface area contributed by atoms with Crippen molar-refractivity contribution in [2.45, 2.75) is 26.7 Å². The van der Waals surface area contributed by atoms with Gasteiger partial charge in [-0.2, -0.15) is 0 Å². The van der Waals surface area contributed by atoms with Crippen molar-refractivity contribution in [1.29, 1.82) is 0 Å². The van der Waals surface area contributed by atoms with Crippen molar-refractivity contribution < 1.29 is 9.59 Å². The zero-order chi connectivity index (χ0) is 11.5. The summed E-state index contributed by atoms with van der Waals surface area (Å²) < 4.78 is 0. The van der Waals surface area contributed by atoms with E-state index in [0.717, 1.165) is 0 Å². The van der Waals surface area contributed by atoms with Gasteiger partial charge in [0.25, 0.3) is 0 Å². The Morgan fingerprint density at radius 3 is 1.60 bits per heavy atom. The predicted molar refractivity (Wildman–Crippen MR) is 59.5 cm³/mol. The van der Waals surface area contributed by atoms with Gasteiger partial charge in [-0.15, -0.1) is 0 Å². The molecule has 0 aromatic rings. The maximum atomic E-state index is 11.0. The molecule has 0 aromatic heterocycles. The maximum absolute atomic E-state index is 11.0. The van der Waals surface area contributed by atoms with Gasteiger partial charge in [-0.3, -0.25) is 9.59 Å². The molecule has 88 valence electrons. The van der Waals surface area contributed by atoms with Gasteiger partial charge >= 0.3 is 0 Å². The lowest BCUT2D eigenvalue weighted by molar-refractivity contribution is -0.121. The largest absolute Gasteiger partial charge is 0.356 e. The molecule has 0 aliphatic rings. The normalized spacial score (nSPS) is 9.73. The van der Waals surface area contributed by atoms with Crippen LogP contribution in [0, 0.1) is 0 Å². The topological polar surface area (TPSA) is 70.2 Å². The zero-order valence-electron chi connectivity index (χ0n) is 9.56. The van der Waals surface area contributed by atoms with Crippen molar-refractivity contribution in [1.82, 2.24) is 16.0 Å². The van der Waals surface area contributed by atoms with E-state index >= 15 is 0 Å². The fourth-order valence-corrected chi connectivity index (χ4v) is 1.10. The van der Waals surface area contributed by atoms with E-state index in [2.05, 4.69) is 16.0 Å². The fourth-order valence-electron chi connectivity index (χ4n) is 1.10. The van der Waals surface area contributed by atoms with Crippen LogP contribution in [0.1, 0.15) is 26.7 Å². The average Bonchev–Trinajstić information content (AvgIpc) is 2.18. The summed E-state index contributed by atoms with van der Waals surface area (Å²) in [5.41, 5.74) is 0. The maximum Gasteiger partial charge on any atom is 0.221 e. The SMILES string of the molecule is CCNC(=O)CCNCCC(=O)NCC. The quantitative estimate of drug-likeness (QED) is 0.484. The van der Waals surface area contributed by atoms with Gasteiger partial charge in [-0.05, 0) is 13.8 Å². The summed E-state index contributed by atoms with van der Waals surface area (Å²) in [5.74, 6) is 0.0889. The van der Waals surface area contributed by atoms with E-state index in [1.165, 1.54) is 0 Å². The first-order valence-electron chi connectivity index (χ1n) is 5.44. The summed E-state index contributed by atoms with van der Waals surface area (Å²) in [5, 5.41) is 8.46. The molecule has 15 heavy (non-hydrogen) atoms. The van der Waals surface area contributed by atoms with Crippen LogP contribution in [0.2, 0.25) is 0 Å². The number of carbonyl (C=O) groups excluding carboxylic acids is 2. The molecular formula is C10H21N3O2. The van der Waals surface area contributed by atoms with Gasteiger partial charge in [0.15, 0.2) is 0 Å². The third-order valence-corrected chi connectivity index (χ3v) is 1.81. The van der Waals surface area contributed by atoms with E-state index in [0.29, 0.717) is 39.0 Å². The summed E-state index contributed by atoms with van der Waals surface area (Å²) >= 11 is 0. The highest BCUT2D eigenvalue weighted by molar-refractivity contribution is 5.76. The molecule has 3 N–H and O–H groups in total. The highest BCUT2D eigenvalue weighted by Crippen LogP contribution is 1.80. The van der Waals surface area contributed by atoms with Crippen LogP contribution in [0.15, 0.2) is 0 Å². The smallest absolute Gasteiger partial charge is 0.221 e. The average molecular weight is 215 g/mol. The van der Waals surface area contributed by atoms with E-state index in [4.69, 9.17) is 0 Å². The van der Waals surface area contributed by atoms with E-state index in [9.17, 15) is 9.59 Å². The molecule has 0 fully saturated rings. The summed E-state index contributed by atoms with van der Waals surface area (Å²) in [6.45, 7) is 6.34. The Labute approximate surface area is 91.0 Å². The van der Waals surface area contributed by atoms with Gasteiger partial charge in [-0.25, -0.2) is 0 Å². The molecule has 0 radical (unpaired) electrons. The molecule has 2 amide bonds. The molecule has 0 bridgehead atoms. The van der Waals surface area contributed by atoms with E-state index in [1.807, 2.05) is 13.8 Å². The Morgan fingerprint density at radius 1 is 0.867 bits per heavy atom. The number of hydrogen-bond donors (Lipinski definition) is 3. The molecule has 5 heteroatoms. The molecule has 0 spiro atoms. The lowest BCUT2D eigenvalue weighted by Crippen LogP contribution is -2.30. The summed E-state index contributed by atoms with van der Waals surface area (Å²) in [6.07, 6.45) is 0.923. The molecule has 0 unspecified atom stereocenters. The van der Waals surface area contributed by atoms with Crippen LogP contribution in [0.25, 0.3) is 0 Å². The molecule has 0 saturated carbocycles. The first-order chi connectivity index (χ1) is 7.20. The number of rotatable bonds is 8. The highest BCUT2D eigenvalue weighted by atomic mass is 16.2. The predicted octanol–water partition coefficient (Wildman–Crippen LogP) is -0.372. The van der Waals surface area contributed by atoms with Crippen molar-refractivity contribution in [3.63, 3.8) is 0 Å². The number of hydrogen-bond acceptors (Lipinski definition) is 3. The van der Waals surface area contributed by atoms with E-state index < -0.39 is 0 Å². The first kappa shape index (κ1) is 13.9. The minimum absolute atomic E-state index is 0.0445. The molecule has 5 nitrogen and oxygen atoms in total. The summed E-state index contributed by atoms with van der Waals surface area (Å²) in [7, 11) is 0. The lowest BCUT2D eigenvalue weighted by Gasteiger charge is -2.05. The Bertz CT molecular complexity index is 175. The zero-order valence-corrected chi connectivity index (χ0v) is 9.56. The molecular weight excluding hydrogens is 194 g/mol. The van der Waals surface area contributed by atoms with Gasteiger partial charge in [0.05, 0.1) is 0 Å². The first-order valence-corrected chi connectivity index (χ1v) is 5.44.